The number of imidazole rings is 1. The van der Waals surface area contributed by atoms with E-state index >= 15 is 0 Å². The molecule has 1 N–H and O–H groups in total. The Kier molecular flexibility index (Phi) is 5.53. The van der Waals surface area contributed by atoms with Gasteiger partial charge in [0.15, 0.2) is 0 Å². The van der Waals surface area contributed by atoms with Crippen LogP contribution in [0, 0.1) is 13.8 Å². The zero-order valence-electron chi connectivity index (χ0n) is 21.0. The minimum atomic E-state index is 0.118. The fraction of sp³-hybridized carbons (Fsp3) is 0.0938. The van der Waals surface area contributed by atoms with Crippen LogP contribution in [0.4, 0.5) is 0 Å². The van der Waals surface area contributed by atoms with E-state index in [9.17, 15) is 5.11 Å². The van der Waals surface area contributed by atoms with E-state index in [0.29, 0.717) is 11.4 Å². The monoisotopic (exact) mass is 482 g/mol. The van der Waals surface area contributed by atoms with Crippen molar-refractivity contribution in [2.45, 2.75) is 13.8 Å². The van der Waals surface area contributed by atoms with Crippen molar-refractivity contribution in [2.24, 2.45) is 7.05 Å². The summed E-state index contributed by atoms with van der Waals surface area (Å²) in [4.78, 5) is 13.9. The molecule has 6 rings (SSSR count). The van der Waals surface area contributed by atoms with Crippen molar-refractivity contribution >= 4 is 11.0 Å². The molecule has 180 valence electrons. The first kappa shape index (κ1) is 22.7. The molecule has 0 saturated heterocycles. The van der Waals surface area contributed by atoms with Crippen molar-refractivity contribution in [3.63, 3.8) is 0 Å². The third-order valence-corrected chi connectivity index (χ3v) is 6.83. The van der Waals surface area contributed by atoms with Gasteiger partial charge in [0.2, 0.25) is 0 Å². The minimum Gasteiger partial charge on any atom is -0.506 e. The Hall–Kier alpha value is -4.77. The number of aryl methyl sites for hydroxylation is 3. The number of hydrogen-bond donors (Lipinski definition) is 1. The molecule has 0 unspecified atom stereocenters. The molecule has 5 heteroatoms. The summed E-state index contributed by atoms with van der Waals surface area (Å²) in [6.07, 6.45) is 3.42. The summed E-state index contributed by atoms with van der Waals surface area (Å²) >= 11 is 0. The minimum absolute atomic E-state index is 0.118. The lowest BCUT2D eigenvalue weighted by Crippen LogP contribution is -1.94. The normalized spacial score (nSPS) is 11.2. The van der Waals surface area contributed by atoms with E-state index in [1.165, 1.54) is 17.3 Å². The van der Waals surface area contributed by atoms with Crippen LogP contribution in [0.5, 0.6) is 5.75 Å². The van der Waals surface area contributed by atoms with Gasteiger partial charge >= 0.3 is 0 Å². The van der Waals surface area contributed by atoms with E-state index in [1.807, 2.05) is 42.9 Å². The average Bonchev–Trinajstić information content (AvgIpc) is 3.27. The molecule has 0 bridgehead atoms. The predicted molar refractivity (Wildman–Crippen MR) is 149 cm³/mol. The number of pyridine rings is 2. The molecule has 0 atom stereocenters. The molecule has 0 saturated carbocycles. The Morgan fingerprint density at radius 1 is 0.676 bits per heavy atom. The molecule has 0 radical (unpaired) electrons. The SMILES string of the molecule is Cc1cc(-c2nc3c(-c4cccc(-c5cc(-c6ccccc6)c(C)cn5)c4)cccc3n2C)c(O)cn1. The maximum atomic E-state index is 10.5. The third-order valence-electron chi connectivity index (χ3n) is 6.83. The Bertz CT molecular complexity index is 1770. The van der Waals surface area contributed by atoms with Crippen LogP contribution in [0.15, 0.2) is 97.3 Å². The number of hydrogen-bond acceptors (Lipinski definition) is 4. The van der Waals surface area contributed by atoms with Gasteiger partial charge in [-0.1, -0.05) is 60.7 Å². The fourth-order valence-electron chi connectivity index (χ4n) is 4.88. The zero-order valence-corrected chi connectivity index (χ0v) is 21.0. The molecule has 0 aliphatic heterocycles. The summed E-state index contributed by atoms with van der Waals surface area (Å²) in [5.41, 5.74) is 10.9. The molecule has 0 aliphatic carbocycles. The molecular weight excluding hydrogens is 456 g/mol. The van der Waals surface area contributed by atoms with Gasteiger partial charge in [0.25, 0.3) is 0 Å². The number of aromatic hydroxyl groups is 1. The molecular formula is C32H26N4O. The highest BCUT2D eigenvalue weighted by Gasteiger charge is 2.17. The zero-order chi connectivity index (χ0) is 25.5. The lowest BCUT2D eigenvalue weighted by Gasteiger charge is -2.10. The van der Waals surface area contributed by atoms with E-state index in [0.717, 1.165) is 44.7 Å². The molecule has 5 nitrogen and oxygen atoms in total. The predicted octanol–water partition coefficient (Wildman–Crippen LogP) is 7.35. The van der Waals surface area contributed by atoms with Gasteiger partial charge in [0, 0.05) is 30.1 Å². The van der Waals surface area contributed by atoms with Crippen LogP contribution in [-0.4, -0.2) is 24.6 Å². The van der Waals surface area contributed by atoms with Crippen LogP contribution >= 0.6 is 0 Å². The van der Waals surface area contributed by atoms with Crippen molar-refractivity contribution in [1.29, 1.82) is 0 Å². The van der Waals surface area contributed by atoms with Gasteiger partial charge < -0.3 is 9.67 Å². The second-order valence-corrected chi connectivity index (χ2v) is 9.34. The highest BCUT2D eigenvalue weighted by atomic mass is 16.3. The highest BCUT2D eigenvalue weighted by Crippen LogP contribution is 2.36. The van der Waals surface area contributed by atoms with Crippen LogP contribution in [-0.2, 0) is 7.05 Å². The van der Waals surface area contributed by atoms with Crippen molar-refractivity contribution < 1.29 is 5.11 Å². The molecule has 3 aromatic carbocycles. The van der Waals surface area contributed by atoms with Crippen LogP contribution in [0.25, 0.3) is 55.9 Å². The van der Waals surface area contributed by atoms with Crippen LogP contribution < -0.4 is 0 Å². The first-order chi connectivity index (χ1) is 18.0. The number of rotatable bonds is 4. The summed E-state index contributed by atoms with van der Waals surface area (Å²) in [6.45, 7) is 4.00. The van der Waals surface area contributed by atoms with E-state index in [1.54, 1.807) is 0 Å². The van der Waals surface area contributed by atoms with Gasteiger partial charge in [-0.05, 0) is 60.4 Å². The molecule has 0 spiro atoms. The van der Waals surface area contributed by atoms with E-state index in [-0.39, 0.29) is 5.75 Å². The van der Waals surface area contributed by atoms with Crippen LogP contribution in [0.3, 0.4) is 0 Å². The van der Waals surface area contributed by atoms with Gasteiger partial charge in [-0.2, -0.15) is 0 Å². The maximum Gasteiger partial charge on any atom is 0.144 e. The summed E-state index contributed by atoms with van der Waals surface area (Å²) in [5, 5.41) is 10.5. The van der Waals surface area contributed by atoms with Crippen LogP contribution in [0.2, 0.25) is 0 Å². The summed E-state index contributed by atoms with van der Waals surface area (Å²) in [5.74, 6) is 0.821. The maximum absolute atomic E-state index is 10.5. The van der Waals surface area contributed by atoms with Crippen molar-refractivity contribution in [3.8, 4) is 50.6 Å². The molecule has 0 aliphatic rings. The first-order valence-electron chi connectivity index (χ1n) is 12.2. The molecule has 6 aromatic rings. The quantitative estimate of drug-likeness (QED) is 0.285. The smallest absolute Gasteiger partial charge is 0.144 e. The molecule has 37 heavy (non-hydrogen) atoms. The second-order valence-electron chi connectivity index (χ2n) is 9.34. The first-order valence-corrected chi connectivity index (χ1v) is 12.2. The third kappa shape index (κ3) is 4.04. The number of aromatic nitrogens is 4. The number of nitrogens with zero attached hydrogens (tertiary/aromatic N) is 4. The second kappa shape index (κ2) is 9.03. The van der Waals surface area contributed by atoms with Gasteiger partial charge in [-0.25, -0.2) is 4.98 Å². The molecule has 3 aromatic heterocycles. The molecule has 0 fully saturated rings. The van der Waals surface area contributed by atoms with E-state index < -0.39 is 0 Å². The lowest BCUT2D eigenvalue weighted by molar-refractivity contribution is 0.473. The summed E-state index contributed by atoms with van der Waals surface area (Å²) < 4.78 is 2.02. The van der Waals surface area contributed by atoms with Crippen molar-refractivity contribution in [2.75, 3.05) is 0 Å². The average molecular weight is 483 g/mol. The van der Waals surface area contributed by atoms with E-state index in [2.05, 4.69) is 78.6 Å². The topological polar surface area (TPSA) is 63.8 Å². The number of para-hydroxylation sites is 1. The molecule has 3 heterocycles. The number of benzene rings is 3. The standard InChI is InChI=1S/C32H26N4O/c1-20-18-34-28(17-26(20)22-9-5-4-6-10-22)24-12-7-11-23(16-24)25-13-8-14-29-31(25)35-32(36(29)3)27-15-21(2)33-19-30(27)37/h4-19,37H,1-3H3. The molecule has 0 amide bonds. The fourth-order valence-corrected chi connectivity index (χ4v) is 4.88. The Morgan fingerprint density at radius 2 is 1.43 bits per heavy atom. The Balaban J connectivity index is 1.47. The Morgan fingerprint density at radius 3 is 2.27 bits per heavy atom. The van der Waals surface area contributed by atoms with Crippen molar-refractivity contribution in [1.82, 2.24) is 19.5 Å². The van der Waals surface area contributed by atoms with Crippen molar-refractivity contribution in [3.05, 3.63) is 109 Å². The summed E-state index contributed by atoms with van der Waals surface area (Å²) in [7, 11) is 1.97. The number of fused-ring (bicyclic) bond motifs is 1. The van der Waals surface area contributed by atoms with Gasteiger partial charge in [-0.15, -0.1) is 0 Å². The highest BCUT2D eigenvalue weighted by molar-refractivity contribution is 5.95. The van der Waals surface area contributed by atoms with E-state index in [4.69, 9.17) is 9.97 Å². The Labute approximate surface area is 215 Å². The lowest BCUT2D eigenvalue weighted by atomic mass is 9.97. The van der Waals surface area contributed by atoms with Gasteiger partial charge in [0.1, 0.15) is 11.6 Å². The largest absolute Gasteiger partial charge is 0.506 e. The van der Waals surface area contributed by atoms with Gasteiger partial charge in [-0.3, -0.25) is 9.97 Å². The summed E-state index contributed by atoms with van der Waals surface area (Å²) in [6, 6.07) is 29.1. The van der Waals surface area contributed by atoms with Crippen LogP contribution in [0.1, 0.15) is 11.3 Å². The van der Waals surface area contributed by atoms with Gasteiger partial charge in [0.05, 0.1) is 28.5 Å².